The largest absolute Gasteiger partial charge is 0.393 e. The third-order valence-corrected chi connectivity index (χ3v) is 4.39. The first-order valence-electron chi connectivity index (χ1n) is 6.48. The second kappa shape index (κ2) is 6.24. The summed E-state index contributed by atoms with van der Waals surface area (Å²) >= 11 is 1.47. The monoisotopic (exact) mass is 293 g/mol. The van der Waals surface area contributed by atoms with Crippen molar-refractivity contribution >= 4 is 11.3 Å². The van der Waals surface area contributed by atoms with Crippen molar-refractivity contribution in [2.45, 2.75) is 44.0 Å². The van der Waals surface area contributed by atoms with Gasteiger partial charge in [-0.05, 0) is 35.2 Å². The van der Waals surface area contributed by atoms with Crippen LogP contribution in [0, 0.1) is 5.92 Å². The van der Waals surface area contributed by atoms with Gasteiger partial charge in [0.15, 0.2) is 0 Å². The van der Waals surface area contributed by atoms with Gasteiger partial charge < -0.3 is 10.4 Å². The Kier molecular flexibility index (Phi) is 4.86. The second-order valence-corrected chi connectivity index (χ2v) is 5.80. The molecule has 3 atom stereocenters. The summed E-state index contributed by atoms with van der Waals surface area (Å²) in [7, 11) is 0. The maximum Gasteiger partial charge on any atom is 0.393 e. The Bertz CT molecular complexity index is 380. The smallest absolute Gasteiger partial charge is 0.387 e. The van der Waals surface area contributed by atoms with Crippen LogP contribution in [0.2, 0.25) is 0 Å². The number of nitrogens with one attached hydrogen (secondary N) is 1. The maximum absolute atomic E-state index is 12.9. The van der Waals surface area contributed by atoms with Crippen LogP contribution in [-0.2, 0) is 0 Å². The molecule has 6 heteroatoms. The van der Waals surface area contributed by atoms with Crippen LogP contribution in [0.1, 0.15) is 37.4 Å². The van der Waals surface area contributed by atoms with Crippen molar-refractivity contribution in [3.63, 3.8) is 0 Å². The molecular formula is C13H18F3NOS. The van der Waals surface area contributed by atoms with E-state index in [0.29, 0.717) is 12.8 Å². The molecule has 0 aliphatic heterocycles. The molecule has 0 radical (unpaired) electrons. The van der Waals surface area contributed by atoms with E-state index >= 15 is 0 Å². The zero-order valence-corrected chi connectivity index (χ0v) is 11.3. The van der Waals surface area contributed by atoms with E-state index in [1.54, 1.807) is 6.07 Å². The second-order valence-electron chi connectivity index (χ2n) is 5.02. The number of thiophene rings is 1. The van der Waals surface area contributed by atoms with Crippen LogP contribution < -0.4 is 5.32 Å². The fraction of sp³-hybridized carbons (Fsp3) is 0.692. The zero-order chi connectivity index (χ0) is 13.9. The van der Waals surface area contributed by atoms with E-state index in [9.17, 15) is 18.3 Å². The van der Waals surface area contributed by atoms with Gasteiger partial charge in [0.05, 0.1) is 12.0 Å². The summed E-state index contributed by atoms with van der Waals surface area (Å²) in [5.41, 5.74) is 0.761. The lowest BCUT2D eigenvalue weighted by Gasteiger charge is -2.34. The highest BCUT2D eigenvalue weighted by Gasteiger charge is 2.45. The third kappa shape index (κ3) is 3.94. The zero-order valence-electron chi connectivity index (χ0n) is 10.5. The Morgan fingerprint density at radius 3 is 2.74 bits per heavy atom. The average molecular weight is 293 g/mol. The first-order valence-corrected chi connectivity index (χ1v) is 7.43. The van der Waals surface area contributed by atoms with Gasteiger partial charge in [0, 0.05) is 12.6 Å². The minimum absolute atomic E-state index is 0.175. The van der Waals surface area contributed by atoms with Crippen molar-refractivity contribution in [2.24, 2.45) is 5.92 Å². The van der Waals surface area contributed by atoms with Crippen molar-refractivity contribution in [2.75, 3.05) is 6.54 Å². The number of halogens is 3. The fourth-order valence-corrected chi connectivity index (χ4v) is 3.32. The molecule has 1 heterocycles. The summed E-state index contributed by atoms with van der Waals surface area (Å²) in [6, 6.07) is 1.22. The third-order valence-electron chi connectivity index (χ3n) is 3.69. The molecule has 1 fully saturated rings. The summed E-state index contributed by atoms with van der Waals surface area (Å²) < 4.78 is 38.7. The Morgan fingerprint density at radius 1 is 1.37 bits per heavy atom. The first kappa shape index (κ1) is 14.8. The van der Waals surface area contributed by atoms with E-state index in [2.05, 4.69) is 5.32 Å². The van der Waals surface area contributed by atoms with Gasteiger partial charge in [0.25, 0.3) is 0 Å². The summed E-state index contributed by atoms with van der Waals surface area (Å²) in [6.45, 7) is 0.175. The Labute approximate surface area is 114 Å². The normalized spacial score (nSPS) is 26.3. The standard InChI is InChI=1S/C13H18F3NOS/c14-13(15,16)10-3-1-2-4-11(10)17-7-12(18)9-5-6-19-8-9/h5-6,8,10-12,17-18H,1-4,7H2. The number of hydrogen-bond acceptors (Lipinski definition) is 3. The fourth-order valence-electron chi connectivity index (χ4n) is 2.61. The van der Waals surface area contributed by atoms with Crippen molar-refractivity contribution in [3.8, 4) is 0 Å². The molecule has 1 aliphatic rings. The Balaban J connectivity index is 1.89. The topological polar surface area (TPSA) is 32.3 Å². The molecule has 1 aliphatic carbocycles. The SMILES string of the molecule is OC(CNC1CCCCC1C(F)(F)F)c1ccsc1. The molecule has 0 amide bonds. The van der Waals surface area contributed by atoms with Gasteiger partial charge in [-0.25, -0.2) is 0 Å². The predicted octanol–water partition coefficient (Wildman–Crippen LogP) is 3.49. The Hall–Kier alpha value is -0.590. The van der Waals surface area contributed by atoms with E-state index < -0.39 is 24.2 Å². The Morgan fingerprint density at radius 2 is 2.11 bits per heavy atom. The van der Waals surface area contributed by atoms with E-state index in [1.807, 2.05) is 10.8 Å². The summed E-state index contributed by atoms with van der Waals surface area (Å²) in [5, 5.41) is 16.5. The molecular weight excluding hydrogens is 275 g/mol. The molecule has 1 aromatic heterocycles. The van der Waals surface area contributed by atoms with Crippen LogP contribution in [0.4, 0.5) is 13.2 Å². The van der Waals surface area contributed by atoms with Gasteiger partial charge in [-0.15, -0.1) is 0 Å². The van der Waals surface area contributed by atoms with Crippen LogP contribution in [0.5, 0.6) is 0 Å². The number of rotatable bonds is 4. The number of aliphatic hydroxyl groups excluding tert-OH is 1. The van der Waals surface area contributed by atoms with E-state index in [0.717, 1.165) is 12.0 Å². The van der Waals surface area contributed by atoms with Crippen molar-refractivity contribution in [1.82, 2.24) is 5.32 Å². The summed E-state index contributed by atoms with van der Waals surface area (Å²) in [5.74, 6) is -1.28. The quantitative estimate of drug-likeness (QED) is 0.890. The maximum atomic E-state index is 12.9. The molecule has 2 rings (SSSR count). The lowest BCUT2D eigenvalue weighted by Crippen LogP contribution is -2.46. The average Bonchev–Trinajstić information content (AvgIpc) is 2.89. The highest BCUT2D eigenvalue weighted by Crippen LogP contribution is 2.37. The van der Waals surface area contributed by atoms with Crippen LogP contribution >= 0.6 is 11.3 Å². The molecule has 2 nitrogen and oxygen atoms in total. The highest BCUT2D eigenvalue weighted by molar-refractivity contribution is 7.07. The van der Waals surface area contributed by atoms with Crippen molar-refractivity contribution in [1.29, 1.82) is 0 Å². The molecule has 0 spiro atoms. The lowest BCUT2D eigenvalue weighted by atomic mass is 9.84. The van der Waals surface area contributed by atoms with Gasteiger partial charge in [-0.3, -0.25) is 0 Å². The molecule has 0 bridgehead atoms. The molecule has 108 valence electrons. The van der Waals surface area contributed by atoms with Gasteiger partial charge in [0.2, 0.25) is 0 Å². The lowest BCUT2D eigenvalue weighted by molar-refractivity contribution is -0.189. The number of alkyl halides is 3. The van der Waals surface area contributed by atoms with Crippen LogP contribution in [0.3, 0.4) is 0 Å². The minimum Gasteiger partial charge on any atom is -0.387 e. The van der Waals surface area contributed by atoms with Crippen LogP contribution in [0.15, 0.2) is 16.8 Å². The minimum atomic E-state index is -4.15. The molecule has 1 saturated carbocycles. The number of hydrogen-bond donors (Lipinski definition) is 2. The summed E-state index contributed by atoms with van der Waals surface area (Å²) in [4.78, 5) is 0. The van der Waals surface area contributed by atoms with Crippen molar-refractivity contribution < 1.29 is 18.3 Å². The molecule has 1 aromatic rings. The van der Waals surface area contributed by atoms with Gasteiger partial charge in [-0.2, -0.15) is 24.5 Å². The van der Waals surface area contributed by atoms with Crippen LogP contribution in [0.25, 0.3) is 0 Å². The predicted molar refractivity (Wildman–Crippen MR) is 69.1 cm³/mol. The van der Waals surface area contributed by atoms with Gasteiger partial charge in [0.1, 0.15) is 0 Å². The van der Waals surface area contributed by atoms with E-state index in [4.69, 9.17) is 0 Å². The number of aliphatic hydroxyl groups is 1. The van der Waals surface area contributed by atoms with Crippen molar-refractivity contribution in [3.05, 3.63) is 22.4 Å². The molecule has 0 aromatic carbocycles. The summed E-state index contributed by atoms with van der Waals surface area (Å²) in [6.07, 6.45) is -2.71. The van der Waals surface area contributed by atoms with E-state index in [-0.39, 0.29) is 13.0 Å². The van der Waals surface area contributed by atoms with Gasteiger partial charge in [-0.1, -0.05) is 12.8 Å². The van der Waals surface area contributed by atoms with Gasteiger partial charge >= 0.3 is 6.18 Å². The van der Waals surface area contributed by atoms with E-state index in [1.165, 1.54) is 11.3 Å². The molecule has 19 heavy (non-hydrogen) atoms. The molecule has 3 unspecified atom stereocenters. The molecule has 2 N–H and O–H groups in total. The first-order chi connectivity index (χ1) is 8.98. The highest BCUT2D eigenvalue weighted by atomic mass is 32.1. The van der Waals surface area contributed by atoms with Crippen LogP contribution in [-0.4, -0.2) is 23.9 Å². The molecule has 0 saturated heterocycles.